The number of likely N-dealkylation sites (tertiary alicyclic amines) is 1. The normalized spacial score (nSPS) is 14.1. The van der Waals surface area contributed by atoms with E-state index in [1.807, 2.05) is 0 Å². The van der Waals surface area contributed by atoms with Crippen LogP contribution in [0, 0.1) is 0 Å². The van der Waals surface area contributed by atoms with E-state index >= 15 is 0 Å². The summed E-state index contributed by atoms with van der Waals surface area (Å²) in [5.41, 5.74) is -0.131. The van der Waals surface area contributed by atoms with Gasteiger partial charge in [-0.3, -0.25) is 4.79 Å². The fraction of sp³-hybridized carbons (Fsp3) is 0.429. The molecule has 0 aromatic heterocycles. The number of carbonyl (C=O) groups is 2. The number of benzene rings is 1. The van der Waals surface area contributed by atoms with E-state index in [0.717, 1.165) is 12.8 Å². The van der Waals surface area contributed by atoms with Gasteiger partial charge in [0.05, 0.1) is 7.11 Å². The maximum atomic E-state index is 12.0. The molecule has 0 radical (unpaired) electrons. The number of carbonyl (C=O) groups excluding carboxylic acids is 1. The average Bonchev–Trinajstić information content (AvgIpc) is 2.98. The number of rotatable bonds is 5. The van der Waals surface area contributed by atoms with Gasteiger partial charge in [0.15, 0.2) is 18.1 Å². The molecule has 1 aliphatic rings. The smallest absolute Gasteiger partial charge is 0.339 e. The number of carboxylic acid groups (broad SMARTS) is 1. The minimum Gasteiger partial charge on any atom is -0.493 e. The van der Waals surface area contributed by atoms with Gasteiger partial charge in [-0.2, -0.15) is 0 Å². The molecule has 0 unspecified atom stereocenters. The van der Waals surface area contributed by atoms with Crippen molar-refractivity contribution < 1.29 is 24.2 Å². The lowest BCUT2D eigenvalue weighted by Gasteiger charge is -2.17. The van der Waals surface area contributed by atoms with E-state index in [1.165, 1.54) is 19.2 Å². The second-order valence-electron chi connectivity index (χ2n) is 4.67. The fourth-order valence-electron chi connectivity index (χ4n) is 2.22. The molecule has 0 atom stereocenters. The van der Waals surface area contributed by atoms with Crippen molar-refractivity contribution in [2.45, 2.75) is 12.8 Å². The number of hydrogen-bond acceptors (Lipinski definition) is 4. The predicted molar refractivity (Wildman–Crippen MR) is 76.3 cm³/mol. The third-order valence-corrected chi connectivity index (χ3v) is 3.49. The van der Waals surface area contributed by atoms with Crippen molar-refractivity contribution in [2.75, 3.05) is 26.8 Å². The first-order valence-corrected chi connectivity index (χ1v) is 6.92. The molecule has 2 rings (SSSR count). The molecular weight excluding hydrogens is 298 g/mol. The van der Waals surface area contributed by atoms with Gasteiger partial charge in [0.25, 0.3) is 5.91 Å². The quantitative estimate of drug-likeness (QED) is 0.900. The number of hydrogen-bond donors (Lipinski definition) is 1. The van der Waals surface area contributed by atoms with Crippen LogP contribution in [0.25, 0.3) is 0 Å². The van der Waals surface area contributed by atoms with Crippen LogP contribution in [-0.4, -0.2) is 48.7 Å². The molecule has 1 amide bonds. The Kier molecular flexibility index (Phi) is 4.90. The van der Waals surface area contributed by atoms with Crippen molar-refractivity contribution in [1.29, 1.82) is 0 Å². The van der Waals surface area contributed by atoms with Gasteiger partial charge in [-0.1, -0.05) is 11.6 Å². The van der Waals surface area contributed by atoms with Crippen LogP contribution in [0.2, 0.25) is 5.02 Å². The Morgan fingerprint density at radius 2 is 2.00 bits per heavy atom. The minimum absolute atomic E-state index is 0.0157. The molecule has 1 aromatic rings. The van der Waals surface area contributed by atoms with Gasteiger partial charge in [-0.05, 0) is 18.9 Å². The summed E-state index contributed by atoms with van der Waals surface area (Å²) in [6.45, 7) is 1.20. The highest BCUT2D eigenvalue weighted by atomic mass is 35.5. The summed E-state index contributed by atoms with van der Waals surface area (Å²) in [4.78, 5) is 24.9. The van der Waals surface area contributed by atoms with Crippen molar-refractivity contribution >= 4 is 23.5 Å². The summed E-state index contributed by atoms with van der Waals surface area (Å²) in [6.07, 6.45) is 1.97. The molecule has 0 aliphatic carbocycles. The Balaban J connectivity index is 2.17. The zero-order valence-corrected chi connectivity index (χ0v) is 12.4. The molecule has 1 aromatic carbocycles. The molecule has 0 bridgehead atoms. The lowest BCUT2D eigenvalue weighted by Crippen LogP contribution is -2.32. The zero-order chi connectivity index (χ0) is 15.4. The molecule has 1 saturated heterocycles. The summed E-state index contributed by atoms with van der Waals surface area (Å²) in [5, 5.41) is 9.42. The van der Waals surface area contributed by atoms with E-state index in [9.17, 15) is 14.7 Å². The number of methoxy groups -OCH3 is 1. The topological polar surface area (TPSA) is 76.1 Å². The molecule has 0 saturated carbocycles. The van der Waals surface area contributed by atoms with E-state index in [4.69, 9.17) is 21.1 Å². The maximum absolute atomic E-state index is 12.0. The van der Waals surface area contributed by atoms with Crippen LogP contribution in [0.15, 0.2) is 12.1 Å². The molecule has 1 fully saturated rings. The average molecular weight is 314 g/mol. The molecule has 7 heteroatoms. The van der Waals surface area contributed by atoms with E-state index in [-0.39, 0.29) is 34.6 Å². The minimum atomic E-state index is -1.19. The number of amides is 1. The monoisotopic (exact) mass is 313 g/mol. The van der Waals surface area contributed by atoms with Crippen LogP contribution in [0.5, 0.6) is 11.5 Å². The van der Waals surface area contributed by atoms with Crippen molar-refractivity contribution in [2.24, 2.45) is 0 Å². The summed E-state index contributed by atoms with van der Waals surface area (Å²) >= 11 is 5.84. The molecule has 21 heavy (non-hydrogen) atoms. The molecule has 6 nitrogen and oxygen atoms in total. The second kappa shape index (κ2) is 6.67. The Morgan fingerprint density at radius 3 is 2.57 bits per heavy atom. The van der Waals surface area contributed by atoms with Crippen LogP contribution in [0.1, 0.15) is 23.2 Å². The highest BCUT2D eigenvalue weighted by Gasteiger charge is 2.22. The van der Waals surface area contributed by atoms with Gasteiger partial charge in [-0.15, -0.1) is 0 Å². The van der Waals surface area contributed by atoms with Crippen molar-refractivity contribution in [3.8, 4) is 11.5 Å². The van der Waals surface area contributed by atoms with Crippen LogP contribution in [0.4, 0.5) is 0 Å². The van der Waals surface area contributed by atoms with Crippen molar-refractivity contribution in [1.82, 2.24) is 4.90 Å². The van der Waals surface area contributed by atoms with Gasteiger partial charge in [0.1, 0.15) is 5.56 Å². The first-order valence-electron chi connectivity index (χ1n) is 6.54. The highest BCUT2D eigenvalue weighted by Crippen LogP contribution is 2.34. The first kappa shape index (κ1) is 15.4. The molecular formula is C14H16ClNO5. The standard InChI is InChI=1S/C14H16ClNO5/c1-20-11-7-9(15)6-10(14(18)19)13(11)21-8-12(17)16-4-2-3-5-16/h6-7H,2-5,8H2,1H3,(H,18,19). The van der Waals surface area contributed by atoms with Gasteiger partial charge in [0, 0.05) is 24.2 Å². The van der Waals surface area contributed by atoms with E-state index in [2.05, 4.69) is 0 Å². The predicted octanol–water partition coefficient (Wildman–Crippen LogP) is 2.05. The summed E-state index contributed by atoms with van der Waals surface area (Å²) in [5.74, 6) is -1.16. The molecule has 0 spiro atoms. The largest absolute Gasteiger partial charge is 0.493 e. The van der Waals surface area contributed by atoms with Crippen LogP contribution in [-0.2, 0) is 4.79 Å². The van der Waals surface area contributed by atoms with Crippen molar-refractivity contribution in [3.63, 3.8) is 0 Å². The number of aromatic carboxylic acids is 1. The third-order valence-electron chi connectivity index (χ3n) is 3.27. The van der Waals surface area contributed by atoms with Crippen molar-refractivity contribution in [3.05, 3.63) is 22.7 Å². The summed E-state index contributed by atoms with van der Waals surface area (Å²) in [7, 11) is 1.38. The van der Waals surface area contributed by atoms with Gasteiger partial charge >= 0.3 is 5.97 Å². The van der Waals surface area contributed by atoms with E-state index < -0.39 is 5.97 Å². The summed E-state index contributed by atoms with van der Waals surface area (Å²) < 4.78 is 10.5. The Bertz CT molecular complexity index is 555. The summed E-state index contributed by atoms with van der Waals surface area (Å²) in [6, 6.07) is 2.71. The number of nitrogens with zero attached hydrogens (tertiary/aromatic N) is 1. The number of halogens is 1. The Hall–Kier alpha value is -1.95. The number of carboxylic acids is 1. The number of ether oxygens (including phenoxy) is 2. The highest BCUT2D eigenvalue weighted by molar-refractivity contribution is 6.31. The third kappa shape index (κ3) is 3.58. The molecule has 1 aliphatic heterocycles. The van der Waals surface area contributed by atoms with Crippen LogP contribution >= 0.6 is 11.6 Å². The Labute approximate surface area is 127 Å². The van der Waals surface area contributed by atoms with Gasteiger partial charge in [-0.25, -0.2) is 4.79 Å². The zero-order valence-electron chi connectivity index (χ0n) is 11.6. The molecule has 1 heterocycles. The van der Waals surface area contributed by atoms with Gasteiger partial charge < -0.3 is 19.5 Å². The second-order valence-corrected chi connectivity index (χ2v) is 5.10. The van der Waals surface area contributed by atoms with E-state index in [1.54, 1.807) is 4.90 Å². The van der Waals surface area contributed by atoms with Crippen LogP contribution in [0.3, 0.4) is 0 Å². The lowest BCUT2D eigenvalue weighted by atomic mass is 10.2. The SMILES string of the molecule is COc1cc(Cl)cc(C(=O)O)c1OCC(=O)N1CCCC1. The molecule has 1 N–H and O–H groups in total. The lowest BCUT2D eigenvalue weighted by molar-refractivity contribution is -0.132. The fourth-order valence-corrected chi connectivity index (χ4v) is 2.43. The first-order chi connectivity index (χ1) is 10.0. The van der Waals surface area contributed by atoms with Gasteiger partial charge in [0.2, 0.25) is 0 Å². The Morgan fingerprint density at radius 1 is 1.33 bits per heavy atom. The molecule has 114 valence electrons. The van der Waals surface area contributed by atoms with E-state index in [0.29, 0.717) is 13.1 Å². The maximum Gasteiger partial charge on any atom is 0.339 e. The van der Waals surface area contributed by atoms with Crippen LogP contribution < -0.4 is 9.47 Å².